The molecule has 19 heavy (non-hydrogen) atoms. The number of rotatable bonds is 6. The average Bonchev–Trinajstić information content (AvgIpc) is 2.79. The summed E-state index contributed by atoms with van der Waals surface area (Å²) in [5.74, 6) is 0. The van der Waals surface area contributed by atoms with Gasteiger partial charge in [-0.3, -0.25) is 4.90 Å². The van der Waals surface area contributed by atoms with Crippen LogP contribution in [0.1, 0.15) is 36.4 Å². The molecule has 1 aromatic carbocycles. The fourth-order valence-electron chi connectivity index (χ4n) is 2.73. The highest BCUT2D eigenvalue weighted by Crippen LogP contribution is 2.41. The van der Waals surface area contributed by atoms with Gasteiger partial charge >= 0.3 is 0 Å². The molecule has 1 aromatic rings. The summed E-state index contributed by atoms with van der Waals surface area (Å²) in [4.78, 5) is 2.33. The van der Waals surface area contributed by atoms with E-state index in [4.69, 9.17) is 34.0 Å². The molecule has 0 saturated heterocycles. The number of hydrogen-bond donors (Lipinski definition) is 2. The van der Waals surface area contributed by atoms with Crippen LogP contribution in [0, 0.1) is 0 Å². The third-order valence-electron chi connectivity index (χ3n) is 3.71. The number of hydrogen-bond acceptors (Lipinski definition) is 3. The molecule has 0 aliphatic carbocycles. The van der Waals surface area contributed by atoms with Crippen molar-refractivity contribution >= 4 is 23.2 Å². The number of aliphatic hydroxyl groups is 1. The predicted octanol–water partition coefficient (Wildman–Crippen LogP) is 2.97. The summed E-state index contributed by atoms with van der Waals surface area (Å²) in [7, 11) is 0. The molecular formula is C14H20Cl2N2O. The lowest BCUT2D eigenvalue weighted by molar-refractivity contribution is 0.210. The second kappa shape index (κ2) is 6.91. The molecule has 5 heteroatoms. The van der Waals surface area contributed by atoms with Crippen LogP contribution >= 0.6 is 23.2 Å². The van der Waals surface area contributed by atoms with Crippen molar-refractivity contribution in [3.05, 3.63) is 33.3 Å². The van der Waals surface area contributed by atoms with Crippen LogP contribution in [0.3, 0.4) is 0 Å². The first kappa shape index (κ1) is 15.1. The molecule has 1 atom stereocenters. The molecule has 1 aliphatic rings. The molecule has 0 aromatic heterocycles. The van der Waals surface area contributed by atoms with Gasteiger partial charge in [0.1, 0.15) is 0 Å². The van der Waals surface area contributed by atoms with Crippen molar-refractivity contribution in [2.24, 2.45) is 5.73 Å². The lowest BCUT2D eigenvalue weighted by atomic mass is 10.0. The predicted molar refractivity (Wildman–Crippen MR) is 79.6 cm³/mol. The maximum atomic E-state index is 8.80. The Morgan fingerprint density at radius 2 is 1.95 bits per heavy atom. The SMILES string of the molecule is NCC1c2c(Cl)ccc(Cl)c2CN1CCCCCO. The largest absolute Gasteiger partial charge is 0.396 e. The van der Waals surface area contributed by atoms with E-state index in [2.05, 4.69) is 4.90 Å². The third kappa shape index (κ3) is 3.23. The molecule has 3 nitrogen and oxygen atoms in total. The average molecular weight is 303 g/mol. The molecule has 0 spiro atoms. The van der Waals surface area contributed by atoms with Crippen molar-refractivity contribution in [2.45, 2.75) is 31.8 Å². The summed E-state index contributed by atoms with van der Waals surface area (Å²) in [5, 5.41) is 10.3. The highest BCUT2D eigenvalue weighted by molar-refractivity contribution is 6.34. The molecule has 1 heterocycles. The first-order valence-electron chi connectivity index (χ1n) is 6.70. The molecule has 0 radical (unpaired) electrons. The summed E-state index contributed by atoms with van der Waals surface area (Å²) in [6.45, 7) is 2.59. The van der Waals surface area contributed by atoms with Crippen LogP contribution in [0.2, 0.25) is 10.0 Å². The summed E-state index contributed by atoms with van der Waals surface area (Å²) >= 11 is 12.5. The molecule has 1 aliphatic heterocycles. The number of benzene rings is 1. The van der Waals surface area contributed by atoms with E-state index in [0.717, 1.165) is 53.5 Å². The minimum absolute atomic E-state index is 0.162. The van der Waals surface area contributed by atoms with Crippen LogP contribution in [-0.2, 0) is 6.54 Å². The Labute approximate surface area is 124 Å². The Hall–Kier alpha value is -0.320. The van der Waals surface area contributed by atoms with Crippen LogP contribution in [-0.4, -0.2) is 29.7 Å². The van der Waals surface area contributed by atoms with E-state index in [-0.39, 0.29) is 12.6 Å². The van der Waals surface area contributed by atoms with Gasteiger partial charge in [-0.2, -0.15) is 0 Å². The topological polar surface area (TPSA) is 49.5 Å². The van der Waals surface area contributed by atoms with E-state index in [9.17, 15) is 0 Å². The minimum atomic E-state index is 0.162. The Morgan fingerprint density at radius 3 is 2.63 bits per heavy atom. The molecule has 0 bridgehead atoms. The highest BCUT2D eigenvalue weighted by atomic mass is 35.5. The summed E-state index contributed by atoms with van der Waals surface area (Å²) in [5.41, 5.74) is 8.12. The molecule has 2 rings (SSSR count). The van der Waals surface area contributed by atoms with Crippen molar-refractivity contribution in [3.8, 4) is 0 Å². The van der Waals surface area contributed by atoms with Crippen molar-refractivity contribution < 1.29 is 5.11 Å². The third-order valence-corrected chi connectivity index (χ3v) is 4.39. The fourth-order valence-corrected chi connectivity index (χ4v) is 3.26. The standard InChI is InChI=1S/C14H20Cl2N2O/c15-11-4-5-12(16)14-10(11)9-18(13(14)8-17)6-2-1-3-7-19/h4-5,13,19H,1-3,6-9,17H2. The summed E-state index contributed by atoms with van der Waals surface area (Å²) < 4.78 is 0. The zero-order chi connectivity index (χ0) is 13.8. The fraction of sp³-hybridized carbons (Fsp3) is 0.571. The second-order valence-electron chi connectivity index (χ2n) is 4.93. The van der Waals surface area contributed by atoms with Crippen LogP contribution < -0.4 is 5.73 Å². The smallest absolute Gasteiger partial charge is 0.0492 e. The zero-order valence-electron chi connectivity index (χ0n) is 10.9. The zero-order valence-corrected chi connectivity index (χ0v) is 12.4. The van der Waals surface area contributed by atoms with E-state index >= 15 is 0 Å². The van der Waals surface area contributed by atoms with E-state index in [1.807, 2.05) is 12.1 Å². The number of nitrogens with zero attached hydrogens (tertiary/aromatic N) is 1. The first-order chi connectivity index (χ1) is 9.19. The monoisotopic (exact) mass is 302 g/mol. The van der Waals surface area contributed by atoms with Gasteiger partial charge in [-0.1, -0.05) is 23.2 Å². The van der Waals surface area contributed by atoms with Crippen LogP contribution in [0.5, 0.6) is 0 Å². The lowest BCUT2D eigenvalue weighted by Gasteiger charge is -2.24. The van der Waals surface area contributed by atoms with E-state index in [0.29, 0.717) is 6.54 Å². The van der Waals surface area contributed by atoms with Gasteiger partial charge in [-0.15, -0.1) is 0 Å². The van der Waals surface area contributed by atoms with E-state index in [1.165, 1.54) is 0 Å². The number of nitrogens with two attached hydrogens (primary N) is 1. The minimum Gasteiger partial charge on any atom is -0.396 e. The Kier molecular flexibility index (Phi) is 5.48. The quantitative estimate of drug-likeness (QED) is 0.794. The Bertz CT molecular complexity index is 440. The van der Waals surface area contributed by atoms with Crippen molar-refractivity contribution in [1.82, 2.24) is 4.90 Å². The number of fused-ring (bicyclic) bond motifs is 1. The number of aliphatic hydroxyl groups excluding tert-OH is 1. The van der Waals surface area contributed by atoms with Gasteiger partial charge in [0.05, 0.1) is 0 Å². The van der Waals surface area contributed by atoms with E-state index < -0.39 is 0 Å². The number of halogens is 2. The van der Waals surface area contributed by atoms with Gasteiger partial charge in [0.15, 0.2) is 0 Å². The van der Waals surface area contributed by atoms with Crippen LogP contribution in [0.25, 0.3) is 0 Å². The normalized spacial score (nSPS) is 18.8. The van der Waals surface area contributed by atoms with Gasteiger partial charge in [0.25, 0.3) is 0 Å². The van der Waals surface area contributed by atoms with Crippen molar-refractivity contribution in [1.29, 1.82) is 0 Å². The van der Waals surface area contributed by atoms with Crippen molar-refractivity contribution in [2.75, 3.05) is 19.7 Å². The molecule has 0 fully saturated rings. The molecule has 3 N–H and O–H groups in total. The molecule has 106 valence electrons. The maximum Gasteiger partial charge on any atom is 0.0492 e. The molecule has 1 unspecified atom stereocenters. The van der Waals surface area contributed by atoms with Crippen LogP contribution in [0.15, 0.2) is 12.1 Å². The van der Waals surface area contributed by atoms with Gasteiger partial charge in [0.2, 0.25) is 0 Å². The highest BCUT2D eigenvalue weighted by Gasteiger charge is 2.32. The van der Waals surface area contributed by atoms with Crippen molar-refractivity contribution in [3.63, 3.8) is 0 Å². The Morgan fingerprint density at radius 1 is 1.21 bits per heavy atom. The molecular weight excluding hydrogens is 283 g/mol. The van der Waals surface area contributed by atoms with Crippen LogP contribution in [0.4, 0.5) is 0 Å². The van der Waals surface area contributed by atoms with Gasteiger partial charge < -0.3 is 10.8 Å². The molecule has 0 saturated carbocycles. The molecule has 0 amide bonds. The first-order valence-corrected chi connectivity index (χ1v) is 7.46. The summed E-state index contributed by atoms with van der Waals surface area (Å²) in [6, 6.07) is 3.86. The van der Waals surface area contributed by atoms with E-state index in [1.54, 1.807) is 0 Å². The maximum absolute atomic E-state index is 8.80. The lowest BCUT2D eigenvalue weighted by Crippen LogP contribution is -2.29. The number of unbranched alkanes of at least 4 members (excludes halogenated alkanes) is 2. The van der Waals surface area contributed by atoms with Gasteiger partial charge in [0, 0.05) is 35.8 Å². The summed E-state index contributed by atoms with van der Waals surface area (Å²) in [6.07, 6.45) is 2.94. The van der Waals surface area contributed by atoms with Gasteiger partial charge in [-0.25, -0.2) is 0 Å². The second-order valence-corrected chi connectivity index (χ2v) is 5.74. The van der Waals surface area contributed by atoms with Gasteiger partial charge in [-0.05, 0) is 49.1 Å². The Balaban J connectivity index is 2.10.